The number of imidazole rings is 1. The Kier molecular flexibility index (Phi) is 6.95. The smallest absolute Gasteiger partial charge is 0.490 e. The van der Waals surface area contributed by atoms with Crippen LogP contribution in [0.25, 0.3) is 0 Å². The van der Waals surface area contributed by atoms with Crippen molar-refractivity contribution in [1.82, 2.24) is 24.2 Å². The van der Waals surface area contributed by atoms with Gasteiger partial charge in [0.2, 0.25) is 0 Å². The lowest BCUT2D eigenvalue weighted by atomic mass is 10.2. The SMILES string of the molecule is COc1ccc(CN2CCn3cc(Cn4cccn4)nc3C2)cc1.O=C(O)C(F)(F)F. The van der Waals surface area contributed by atoms with Crippen LogP contribution < -0.4 is 4.74 Å². The molecule has 0 amide bonds. The molecule has 3 aromatic rings. The van der Waals surface area contributed by atoms with Gasteiger partial charge in [-0.05, 0) is 23.8 Å². The van der Waals surface area contributed by atoms with Crippen molar-refractivity contribution in [3.05, 3.63) is 66.0 Å². The fraction of sp³-hybridized carbons (Fsp3) is 0.350. The summed E-state index contributed by atoms with van der Waals surface area (Å²) in [6, 6.07) is 10.2. The molecule has 0 saturated carbocycles. The summed E-state index contributed by atoms with van der Waals surface area (Å²) in [6.45, 7) is 4.57. The molecule has 31 heavy (non-hydrogen) atoms. The molecule has 166 valence electrons. The summed E-state index contributed by atoms with van der Waals surface area (Å²) >= 11 is 0. The van der Waals surface area contributed by atoms with Crippen molar-refractivity contribution in [2.45, 2.75) is 32.4 Å². The Morgan fingerprint density at radius 2 is 1.90 bits per heavy atom. The van der Waals surface area contributed by atoms with Gasteiger partial charge in [0.25, 0.3) is 0 Å². The molecule has 3 heterocycles. The minimum absolute atomic E-state index is 0.728. The van der Waals surface area contributed by atoms with Gasteiger partial charge < -0.3 is 14.4 Å². The number of benzene rings is 1. The first-order valence-corrected chi connectivity index (χ1v) is 9.42. The second-order valence-electron chi connectivity index (χ2n) is 6.91. The number of rotatable bonds is 5. The van der Waals surface area contributed by atoms with Gasteiger partial charge in [0.05, 0.1) is 25.9 Å². The van der Waals surface area contributed by atoms with Gasteiger partial charge in [-0.2, -0.15) is 18.3 Å². The van der Waals surface area contributed by atoms with Gasteiger partial charge >= 0.3 is 12.1 Å². The van der Waals surface area contributed by atoms with E-state index < -0.39 is 12.1 Å². The first kappa shape index (κ1) is 22.3. The number of halogens is 3. The number of aliphatic carboxylic acids is 1. The standard InChI is InChI=1S/C18H21N5O.C2HF3O2/c1-24-17-5-3-15(4-6-17)11-21-9-10-22-12-16(20-18(22)14-21)13-23-8-2-7-19-23;3-2(4,5)1(6)7/h2-8,12H,9-11,13-14H2,1H3;(H,6,7). The fourth-order valence-corrected chi connectivity index (χ4v) is 3.12. The van der Waals surface area contributed by atoms with E-state index in [1.54, 1.807) is 13.3 Å². The Balaban J connectivity index is 0.000000339. The molecule has 1 aliphatic rings. The molecule has 0 fully saturated rings. The summed E-state index contributed by atoms with van der Waals surface area (Å²) in [4.78, 5) is 16.1. The van der Waals surface area contributed by atoms with Crippen LogP contribution >= 0.6 is 0 Å². The van der Waals surface area contributed by atoms with Crippen LogP contribution in [0.3, 0.4) is 0 Å². The number of nitrogens with zero attached hydrogens (tertiary/aromatic N) is 5. The molecule has 1 aromatic carbocycles. The van der Waals surface area contributed by atoms with Crippen molar-refractivity contribution >= 4 is 5.97 Å². The van der Waals surface area contributed by atoms with Crippen LogP contribution in [0.2, 0.25) is 0 Å². The molecule has 0 radical (unpaired) electrons. The number of aromatic nitrogens is 4. The molecule has 4 rings (SSSR count). The molecule has 2 aromatic heterocycles. The molecule has 0 saturated heterocycles. The van der Waals surface area contributed by atoms with Gasteiger partial charge in [0, 0.05) is 38.2 Å². The van der Waals surface area contributed by atoms with Crippen LogP contribution in [0.5, 0.6) is 5.75 Å². The lowest BCUT2D eigenvalue weighted by Crippen LogP contribution is -2.33. The monoisotopic (exact) mass is 437 g/mol. The molecule has 8 nitrogen and oxygen atoms in total. The molecule has 1 N–H and O–H groups in total. The van der Waals surface area contributed by atoms with Crippen LogP contribution in [0.4, 0.5) is 13.2 Å². The van der Waals surface area contributed by atoms with Crippen molar-refractivity contribution < 1.29 is 27.8 Å². The number of fused-ring (bicyclic) bond motifs is 1. The van der Waals surface area contributed by atoms with E-state index in [1.165, 1.54) is 5.56 Å². The van der Waals surface area contributed by atoms with Gasteiger partial charge in [-0.25, -0.2) is 9.78 Å². The summed E-state index contributed by atoms with van der Waals surface area (Å²) in [7, 11) is 1.69. The average molecular weight is 437 g/mol. The van der Waals surface area contributed by atoms with Crippen molar-refractivity contribution in [2.24, 2.45) is 0 Å². The summed E-state index contributed by atoms with van der Waals surface area (Å²) in [5.41, 5.74) is 2.37. The summed E-state index contributed by atoms with van der Waals surface area (Å²) in [5.74, 6) is -0.722. The number of hydrogen-bond donors (Lipinski definition) is 1. The number of alkyl halides is 3. The number of methoxy groups -OCH3 is 1. The zero-order chi connectivity index (χ0) is 22.4. The van der Waals surface area contributed by atoms with Gasteiger partial charge in [-0.1, -0.05) is 12.1 Å². The third-order valence-electron chi connectivity index (χ3n) is 4.62. The normalized spacial score (nSPS) is 13.8. The molecule has 11 heteroatoms. The van der Waals surface area contributed by atoms with E-state index in [9.17, 15) is 13.2 Å². The number of ether oxygens (including phenoxy) is 1. The molecule has 0 bridgehead atoms. The predicted octanol–water partition coefficient (Wildman–Crippen LogP) is 2.79. The zero-order valence-electron chi connectivity index (χ0n) is 16.8. The Bertz CT molecular complexity index is 985. The van der Waals surface area contributed by atoms with Crippen LogP contribution in [-0.4, -0.2) is 55.1 Å². The lowest BCUT2D eigenvalue weighted by molar-refractivity contribution is -0.192. The number of carboxylic acid groups (broad SMARTS) is 1. The third-order valence-corrected chi connectivity index (χ3v) is 4.62. The second kappa shape index (κ2) is 9.65. The predicted molar refractivity (Wildman–Crippen MR) is 104 cm³/mol. The van der Waals surface area contributed by atoms with Crippen molar-refractivity contribution in [1.29, 1.82) is 0 Å². The Morgan fingerprint density at radius 3 is 2.48 bits per heavy atom. The molecule has 0 spiro atoms. The van der Waals surface area contributed by atoms with Crippen LogP contribution in [0.15, 0.2) is 48.9 Å². The van der Waals surface area contributed by atoms with E-state index in [1.807, 2.05) is 29.1 Å². The van der Waals surface area contributed by atoms with Gasteiger partial charge in [0.1, 0.15) is 11.6 Å². The molecule has 0 atom stereocenters. The Morgan fingerprint density at radius 1 is 1.19 bits per heavy atom. The van der Waals surface area contributed by atoms with E-state index in [2.05, 4.69) is 32.9 Å². The van der Waals surface area contributed by atoms with Gasteiger partial charge in [-0.15, -0.1) is 0 Å². The van der Waals surface area contributed by atoms with Crippen molar-refractivity contribution in [3.8, 4) is 5.75 Å². The average Bonchev–Trinajstić information content (AvgIpc) is 3.37. The topological polar surface area (TPSA) is 85.4 Å². The first-order chi connectivity index (χ1) is 14.7. The molecular weight excluding hydrogens is 415 g/mol. The van der Waals surface area contributed by atoms with E-state index in [0.717, 1.165) is 50.0 Å². The van der Waals surface area contributed by atoms with E-state index in [4.69, 9.17) is 19.6 Å². The van der Waals surface area contributed by atoms with Crippen LogP contribution in [0.1, 0.15) is 17.1 Å². The van der Waals surface area contributed by atoms with Crippen molar-refractivity contribution in [2.75, 3.05) is 13.7 Å². The van der Waals surface area contributed by atoms with Gasteiger partial charge in [0.15, 0.2) is 0 Å². The van der Waals surface area contributed by atoms with Crippen LogP contribution in [-0.2, 0) is 31.0 Å². The van der Waals surface area contributed by atoms with E-state index in [0.29, 0.717) is 0 Å². The first-order valence-electron chi connectivity index (χ1n) is 9.42. The summed E-state index contributed by atoms with van der Waals surface area (Å²) < 4.78 is 41.1. The zero-order valence-corrected chi connectivity index (χ0v) is 16.8. The third kappa shape index (κ3) is 6.32. The summed E-state index contributed by atoms with van der Waals surface area (Å²) in [6.07, 6.45) is 0.836. The maximum Gasteiger partial charge on any atom is 0.490 e. The number of hydrogen-bond acceptors (Lipinski definition) is 5. The highest BCUT2D eigenvalue weighted by molar-refractivity contribution is 5.73. The summed E-state index contributed by atoms with van der Waals surface area (Å²) in [5, 5.41) is 11.4. The number of carbonyl (C=O) groups is 1. The minimum Gasteiger partial charge on any atom is -0.497 e. The molecule has 0 aliphatic carbocycles. The molecular formula is C20H22F3N5O3. The largest absolute Gasteiger partial charge is 0.497 e. The van der Waals surface area contributed by atoms with E-state index >= 15 is 0 Å². The lowest BCUT2D eigenvalue weighted by Gasteiger charge is -2.27. The number of carboxylic acids is 1. The van der Waals surface area contributed by atoms with Gasteiger partial charge in [-0.3, -0.25) is 9.58 Å². The second-order valence-corrected chi connectivity index (χ2v) is 6.91. The quantitative estimate of drug-likeness (QED) is 0.661. The maximum absolute atomic E-state index is 10.6. The molecule has 1 aliphatic heterocycles. The maximum atomic E-state index is 10.6. The highest BCUT2D eigenvalue weighted by atomic mass is 19.4. The van der Waals surface area contributed by atoms with Crippen molar-refractivity contribution in [3.63, 3.8) is 0 Å². The fourth-order valence-electron chi connectivity index (χ4n) is 3.12. The highest BCUT2D eigenvalue weighted by Gasteiger charge is 2.38. The van der Waals surface area contributed by atoms with E-state index in [-0.39, 0.29) is 0 Å². The minimum atomic E-state index is -5.08. The Labute approximate surface area is 176 Å². The van der Waals surface area contributed by atoms with Crippen LogP contribution in [0, 0.1) is 0 Å². The Hall–Kier alpha value is -3.34. The molecule has 0 unspecified atom stereocenters. The highest BCUT2D eigenvalue weighted by Crippen LogP contribution is 2.18.